The molecule has 0 fully saturated rings. The fourth-order valence-corrected chi connectivity index (χ4v) is 6.45. The van der Waals surface area contributed by atoms with E-state index in [1.807, 2.05) is 0 Å². The number of hydrogen-bond acceptors (Lipinski definition) is 9. The minimum atomic E-state index is -1.43. The van der Waals surface area contributed by atoms with E-state index in [0.29, 0.717) is 32.7 Å². The first-order valence-electron chi connectivity index (χ1n) is 14.7. The van der Waals surface area contributed by atoms with Crippen LogP contribution in [0.25, 0.3) is 11.0 Å². The van der Waals surface area contributed by atoms with E-state index >= 15 is 0 Å². The number of aliphatic hydroxyl groups excluding tert-OH is 3. The molecule has 1 aromatic heterocycles. The lowest BCUT2D eigenvalue weighted by Gasteiger charge is -2.40. The second-order valence-corrected chi connectivity index (χ2v) is 12.0. The number of nitrogens with zero attached hydrogens (tertiary/aromatic N) is 1. The third-order valence-corrected chi connectivity index (χ3v) is 9.06. The smallest absolute Gasteiger partial charge is 0.349 e. The monoisotopic (exact) mass is 680 g/mol. The number of rotatable bonds is 9. The van der Waals surface area contributed by atoms with Crippen molar-refractivity contribution < 1.29 is 38.8 Å². The van der Waals surface area contributed by atoms with E-state index in [2.05, 4.69) is 5.32 Å². The Hall–Kier alpha value is -4.39. The first-order chi connectivity index (χ1) is 22.6. The van der Waals surface area contributed by atoms with Gasteiger partial charge in [-0.05, 0) is 53.6 Å². The Morgan fingerprint density at radius 2 is 1.81 bits per heavy atom. The van der Waals surface area contributed by atoms with Crippen LogP contribution in [0.15, 0.2) is 81.5 Å². The van der Waals surface area contributed by atoms with Crippen molar-refractivity contribution in [2.75, 3.05) is 20.3 Å². The number of hydrogen-bond donors (Lipinski definition) is 4. The summed E-state index contributed by atoms with van der Waals surface area (Å²) in [7, 11) is 1.43. The predicted molar refractivity (Wildman–Crippen MR) is 173 cm³/mol. The van der Waals surface area contributed by atoms with Crippen LogP contribution in [0.2, 0.25) is 10.0 Å². The molecular formula is C34H30Cl2N2O9. The summed E-state index contributed by atoms with van der Waals surface area (Å²) in [4.78, 5) is 42.5. The molecule has 0 saturated heterocycles. The Balaban J connectivity index is 1.51. The van der Waals surface area contributed by atoms with Crippen LogP contribution < -0.4 is 20.4 Å². The number of methoxy groups -OCH3 is 1. The third kappa shape index (κ3) is 6.08. The lowest BCUT2D eigenvalue weighted by atomic mass is 9.77. The number of benzene rings is 3. The summed E-state index contributed by atoms with van der Waals surface area (Å²) in [6.07, 6.45) is -1.05. The zero-order valence-corrected chi connectivity index (χ0v) is 26.5. The van der Waals surface area contributed by atoms with Crippen LogP contribution in [-0.4, -0.2) is 70.5 Å². The number of fused-ring (bicyclic) bond motifs is 4. The van der Waals surface area contributed by atoms with Gasteiger partial charge in [-0.1, -0.05) is 47.5 Å². The molecule has 6 rings (SSSR count). The predicted octanol–water partition coefficient (Wildman–Crippen LogP) is 3.57. The Labute approximate surface area is 278 Å². The van der Waals surface area contributed by atoms with E-state index < -0.39 is 41.6 Å². The Morgan fingerprint density at radius 1 is 1.02 bits per heavy atom. The van der Waals surface area contributed by atoms with Crippen LogP contribution in [-0.2, 0) is 17.9 Å². The van der Waals surface area contributed by atoms with Gasteiger partial charge in [-0.3, -0.25) is 9.59 Å². The molecule has 3 aromatic carbocycles. The van der Waals surface area contributed by atoms with Gasteiger partial charge in [0.05, 0.1) is 42.3 Å². The normalized spacial score (nSPS) is 19.7. The molecule has 4 N–H and O–H groups in total. The number of halogens is 2. The van der Waals surface area contributed by atoms with Crippen molar-refractivity contribution >= 4 is 46.0 Å². The summed E-state index contributed by atoms with van der Waals surface area (Å²) >= 11 is 12.5. The summed E-state index contributed by atoms with van der Waals surface area (Å²) in [5.74, 6) is -1.61. The molecular weight excluding hydrogens is 651 g/mol. The molecule has 11 nitrogen and oxygen atoms in total. The highest BCUT2D eigenvalue weighted by molar-refractivity contribution is 6.42. The molecule has 2 amide bonds. The molecule has 4 atom stereocenters. The Morgan fingerprint density at radius 3 is 2.53 bits per heavy atom. The lowest BCUT2D eigenvalue weighted by molar-refractivity contribution is -0.118. The van der Waals surface area contributed by atoms with E-state index in [9.17, 15) is 29.7 Å². The fourth-order valence-electron chi connectivity index (χ4n) is 6.13. The zero-order valence-electron chi connectivity index (χ0n) is 25.0. The molecule has 0 radical (unpaired) electrons. The maximum atomic E-state index is 14.4. The van der Waals surface area contributed by atoms with Crippen molar-refractivity contribution in [3.63, 3.8) is 0 Å². The van der Waals surface area contributed by atoms with E-state index in [4.69, 9.17) is 37.1 Å². The summed E-state index contributed by atoms with van der Waals surface area (Å²) < 4.78 is 17.3. The molecule has 0 saturated carbocycles. The molecule has 13 heteroatoms. The highest BCUT2D eigenvalue weighted by Crippen LogP contribution is 2.51. The molecule has 0 spiro atoms. The lowest BCUT2D eigenvalue weighted by Crippen LogP contribution is -2.56. The van der Waals surface area contributed by atoms with Gasteiger partial charge in [-0.2, -0.15) is 0 Å². The van der Waals surface area contributed by atoms with E-state index in [1.165, 1.54) is 24.2 Å². The number of carbonyl (C=O) groups excluding carboxylic acids is 2. The van der Waals surface area contributed by atoms with E-state index in [1.54, 1.807) is 54.6 Å². The molecule has 4 aromatic rings. The fraction of sp³-hybridized carbons (Fsp3) is 0.265. The first kappa shape index (κ1) is 32.5. The number of para-hydroxylation sites is 1. The number of aliphatic hydroxyl groups is 3. The molecule has 1 aliphatic heterocycles. The number of amides is 2. The van der Waals surface area contributed by atoms with Crippen LogP contribution in [0.4, 0.5) is 0 Å². The van der Waals surface area contributed by atoms with Gasteiger partial charge in [-0.15, -0.1) is 0 Å². The highest BCUT2D eigenvalue weighted by Gasteiger charge is 2.51. The van der Waals surface area contributed by atoms with E-state index in [0.717, 1.165) is 0 Å². The number of nitrogens with one attached hydrogen (secondary N) is 1. The summed E-state index contributed by atoms with van der Waals surface area (Å²) in [5, 5.41) is 35.0. The summed E-state index contributed by atoms with van der Waals surface area (Å²) in [6, 6.07) is 15.0. The van der Waals surface area contributed by atoms with Crippen LogP contribution in [0, 0.1) is 0 Å². The van der Waals surface area contributed by atoms with Gasteiger partial charge in [0.15, 0.2) is 11.5 Å². The minimum Gasteiger partial charge on any atom is -0.493 e. The number of ether oxygens (including phenoxy) is 2. The number of carbonyl (C=O) groups is 2. The van der Waals surface area contributed by atoms with Gasteiger partial charge in [0, 0.05) is 29.6 Å². The maximum Gasteiger partial charge on any atom is 0.349 e. The standard InChI is InChI=1S/C34H30Cl2N2O9/c1-45-27-12-18(16-40)10-20-28-21(32(42)37-8-9-39)14-25(29(41)31(28)47-30(20)27)38(15-17-6-7-23(35)24(36)11-17)33(43)22-13-19-4-2-3-5-26(19)46-34(22)44/h2-7,10-14,25,28-29,31,39-41H,8-9,15-16H2,1H3,(H,37,42). The largest absolute Gasteiger partial charge is 0.493 e. The van der Waals surface area contributed by atoms with Crippen molar-refractivity contribution in [1.29, 1.82) is 0 Å². The van der Waals surface area contributed by atoms with Gasteiger partial charge in [-0.25, -0.2) is 4.79 Å². The SMILES string of the molecule is COc1cc(CO)cc2c1OC1C2C(C(=O)NCCO)=CC(N(Cc2ccc(Cl)c(Cl)c2)C(=O)c2cc3ccccc3oc2=O)C1O. The van der Waals surface area contributed by atoms with Gasteiger partial charge in [0.1, 0.15) is 23.4 Å². The Kier molecular flexibility index (Phi) is 9.27. The molecule has 244 valence electrons. The maximum absolute atomic E-state index is 14.4. The van der Waals surface area contributed by atoms with Gasteiger partial charge in [0.2, 0.25) is 5.91 Å². The van der Waals surface area contributed by atoms with Crippen LogP contribution in [0.5, 0.6) is 11.5 Å². The summed E-state index contributed by atoms with van der Waals surface area (Å²) in [5.41, 5.74) is 0.787. The minimum absolute atomic E-state index is 0.0570. The van der Waals surface area contributed by atoms with Crippen LogP contribution in [0.1, 0.15) is 33.0 Å². The average Bonchev–Trinajstić information content (AvgIpc) is 3.47. The van der Waals surface area contributed by atoms with Crippen molar-refractivity contribution in [2.45, 2.75) is 37.3 Å². The Bertz CT molecular complexity index is 1960. The quantitative estimate of drug-likeness (QED) is 0.194. The second kappa shape index (κ2) is 13.4. The van der Waals surface area contributed by atoms with Crippen LogP contribution in [0.3, 0.4) is 0 Å². The van der Waals surface area contributed by atoms with Crippen molar-refractivity contribution in [1.82, 2.24) is 10.2 Å². The molecule has 2 aliphatic rings. The third-order valence-electron chi connectivity index (χ3n) is 8.32. The van der Waals surface area contributed by atoms with Crippen molar-refractivity contribution in [3.8, 4) is 11.5 Å². The second-order valence-electron chi connectivity index (χ2n) is 11.2. The topological polar surface area (TPSA) is 159 Å². The van der Waals surface area contributed by atoms with Gasteiger partial charge in [0.25, 0.3) is 5.91 Å². The highest BCUT2D eigenvalue weighted by atomic mass is 35.5. The molecule has 47 heavy (non-hydrogen) atoms. The molecule has 0 bridgehead atoms. The molecule has 1 aliphatic carbocycles. The summed E-state index contributed by atoms with van der Waals surface area (Å²) in [6.45, 7) is -0.858. The average molecular weight is 682 g/mol. The first-order valence-corrected chi connectivity index (χ1v) is 15.5. The molecule has 4 unspecified atom stereocenters. The van der Waals surface area contributed by atoms with Crippen molar-refractivity contribution in [2.24, 2.45) is 0 Å². The van der Waals surface area contributed by atoms with Crippen LogP contribution >= 0.6 is 23.2 Å². The van der Waals surface area contributed by atoms with Gasteiger partial charge < -0.3 is 39.4 Å². The van der Waals surface area contributed by atoms with Gasteiger partial charge >= 0.3 is 5.63 Å². The zero-order chi connectivity index (χ0) is 33.4. The van der Waals surface area contributed by atoms with E-state index in [-0.39, 0.29) is 54.0 Å². The van der Waals surface area contributed by atoms with Crippen molar-refractivity contribution in [3.05, 3.63) is 115 Å². The molecule has 2 heterocycles.